The van der Waals surface area contributed by atoms with E-state index >= 15 is 0 Å². The summed E-state index contributed by atoms with van der Waals surface area (Å²) in [5, 5.41) is 0. The molecule has 0 amide bonds. The van der Waals surface area contributed by atoms with Crippen molar-refractivity contribution in [1.29, 1.82) is 0 Å². The van der Waals surface area contributed by atoms with Crippen molar-refractivity contribution in [2.75, 3.05) is 7.11 Å². The zero-order chi connectivity index (χ0) is 14.3. The SMILES string of the molecule is COc1ccc2c(c1)C(N)CC1(CCC(C)C(C)C1)O2. The summed E-state index contributed by atoms with van der Waals surface area (Å²) in [5.74, 6) is 3.30. The van der Waals surface area contributed by atoms with Crippen molar-refractivity contribution in [2.45, 2.75) is 51.2 Å². The van der Waals surface area contributed by atoms with E-state index in [4.69, 9.17) is 15.2 Å². The van der Waals surface area contributed by atoms with Crippen LogP contribution in [0.25, 0.3) is 0 Å². The van der Waals surface area contributed by atoms with Crippen LogP contribution in [0.4, 0.5) is 0 Å². The van der Waals surface area contributed by atoms with Crippen LogP contribution < -0.4 is 15.2 Å². The summed E-state index contributed by atoms with van der Waals surface area (Å²) in [7, 11) is 1.68. The molecule has 2 aliphatic rings. The van der Waals surface area contributed by atoms with Crippen molar-refractivity contribution in [2.24, 2.45) is 17.6 Å². The third-order valence-electron chi connectivity index (χ3n) is 5.26. The van der Waals surface area contributed by atoms with Gasteiger partial charge in [0.2, 0.25) is 0 Å². The zero-order valence-corrected chi connectivity index (χ0v) is 12.7. The molecule has 1 aliphatic heterocycles. The number of ether oxygens (including phenoxy) is 2. The maximum Gasteiger partial charge on any atom is 0.125 e. The molecule has 4 unspecified atom stereocenters. The van der Waals surface area contributed by atoms with Crippen LogP contribution in [0.3, 0.4) is 0 Å². The molecular weight excluding hydrogens is 250 g/mol. The highest BCUT2D eigenvalue weighted by atomic mass is 16.5. The second-order valence-corrected chi connectivity index (χ2v) is 6.70. The molecule has 4 atom stereocenters. The molecule has 1 aromatic carbocycles. The van der Waals surface area contributed by atoms with E-state index in [1.165, 1.54) is 6.42 Å². The van der Waals surface area contributed by atoms with Crippen LogP contribution >= 0.6 is 0 Å². The summed E-state index contributed by atoms with van der Waals surface area (Å²) in [6.45, 7) is 4.68. The summed E-state index contributed by atoms with van der Waals surface area (Å²) in [6, 6.07) is 6.04. The Hall–Kier alpha value is -1.22. The molecule has 1 fully saturated rings. The summed E-state index contributed by atoms with van der Waals surface area (Å²) in [6.07, 6.45) is 4.40. The first-order chi connectivity index (χ1) is 9.53. The van der Waals surface area contributed by atoms with Gasteiger partial charge in [0.05, 0.1) is 7.11 Å². The van der Waals surface area contributed by atoms with Gasteiger partial charge < -0.3 is 15.2 Å². The Morgan fingerprint density at radius 3 is 2.75 bits per heavy atom. The first-order valence-corrected chi connectivity index (χ1v) is 7.65. The number of hydrogen-bond acceptors (Lipinski definition) is 3. The molecule has 0 aromatic heterocycles. The monoisotopic (exact) mass is 275 g/mol. The predicted octanol–water partition coefficient (Wildman–Crippen LogP) is 3.67. The molecule has 20 heavy (non-hydrogen) atoms. The topological polar surface area (TPSA) is 44.5 Å². The lowest BCUT2D eigenvalue weighted by Gasteiger charge is -2.47. The van der Waals surface area contributed by atoms with E-state index in [9.17, 15) is 0 Å². The summed E-state index contributed by atoms with van der Waals surface area (Å²) in [4.78, 5) is 0. The fourth-order valence-corrected chi connectivity index (χ4v) is 3.77. The van der Waals surface area contributed by atoms with Crippen molar-refractivity contribution < 1.29 is 9.47 Å². The minimum absolute atomic E-state index is 0.0487. The molecule has 1 aliphatic carbocycles. The van der Waals surface area contributed by atoms with Gasteiger partial charge in [0.15, 0.2) is 0 Å². The molecule has 3 rings (SSSR count). The Morgan fingerprint density at radius 2 is 2.05 bits per heavy atom. The van der Waals surface area contributed by atoms with Crippen LogP contribution in [0.2, 0.25) is 0 Å². The van der Waals surface area contributed by atoms with Gasteiger partial charge in [-0.15, -0.1) is 0 Å². The first kappa shape index (κ1) is 13.7. The van der Waals surface area contributed by atoms with Crippen molar-refractivity contribution in [3.63, 3.8) is 0 Å². The highest BCUT2D eigenvalue weighted by Crippen LogP contribution is 2.48. The van der Waals surface area contributed by atoms with Gasteiger partial charge in [-0.3, -0.25) is 0 Å². The van der Waals surface area contributed by atoms with Gasteiger partial charge in [0, 0.05) is 18.0 Å². The molecule has 1 aromatic rings. The highest BCUT2D eigenvalue weighted by molar-refractivity contribution is 5.44. The van der Waals surface area contributed by atoms with Crippen LogP contribution in [0.15, 0.2) is 18.2 Å². The average molecular weight is 275 g/mol. The minimum Gasteiger partial charge on any atom is -0.497 e. The molecule has 2 N–H and O–H groups in total. The lowest BCUT2D eigenvalue weighted by molar-refractivity contribution is -0.0288. The number of fused-ring (bicyclic) bond motifs is 1. The maximum absolute atomic E-state index is 6.42. The molecule has 0 saturated heterocycles. The number of benzene rings is 1. The highest BCUT2D eigenvalue weighted by Gasteiger charge is 2.44. The third-order valence-corrected chi connectivity index (χ3v) is 5.26. The Kier molecular flexibility index (Phi) is 3.41. The molecule has 1 heterocycles. The summed E-state index contributed by atoms with van der Waals surface area (Å²) >= 11 is 0. The van der Waals surface area contributed by atoms with Gasteiger partial charge in [-0.25, -0.2) is 0 Å². The van der Waals surface area contributed by atoms with E-state index in [-0.39, 0.29) is 11.6 Å². The van der Waals surface area contributed by atoms with E-state index in [0.29, 0.717) is 5.92 Å². The summed E-state index contributed by atoms with van der Waals surface area (Å²) < 4.78 is 11.7. The minimum atomic E-state index is -0.0487. The number of hydrogen-bond donors (Lipinski definition) is 1. The van der Waals surface area contributed by atoms with Gasteiger partial charge >= 0.3 is 0 Å². The van der Waals surface area contributed by atoms with E-state index in [1.807, 2.05) is 18.2 Å². The average Bonchev–Trinajstić information content (AvgIpc) is 2.43. The Balaban J connectivity index is 1.89. The smallest absolute Gasteiger partial charge is 0.125 e. The van der Waals surface area contributed by atoms with Crippen LogP contribution in [0.1, 0.15) is 51.1 Å². The van der Waals surface area contributed by atoms with Gasteiger partial charge in [-0.05, 0) is 49.3 Å². The number of nitrogens with two attached hydrogens (primary N) is 1. The maximum atomic E-state index is 6.42. The molecule has 110 valence electrons. The van der Waals surface area contributed by atoms with Crippen molar-refractivity contribution in [3.8, 4) is 11.5 Å². The second kappa shape index (κ2) is 4.96. The fourth-order valence-electron chi connectivity index (χ4n) is 3.77. The molecule has 0 radical (unpaired) electrons. The Bertz CT molecular complexity index is 502. The Morgan fingerprint density at radius 1 is 1.25 bits per heavy atom. The van der Waals surface area contributed by atoms with Gasteiger partial charge in [-0.1, -0.05) is 13.8 Å². The summed E-state index contributed by atoms with van der Waals surface area (Å²) in [5.41, 5.74) is 7.46. The van der Waals surface area contributed by atoms with Crippen LogP contribution in [0, 0.1) is 11.8 Å². The largest absolute Gasteiger partial charge is 0.497 e. The molecule has 0 bridgehead atoms. The second-order valence-electron chi connectivity index (χ2n) is 6.70. The lowest BCUT2D eigenvalue weighted by atomic mass is 9.69. The zero-order valence-electron chi connectivity index (χ0n) is 12.7. The lowest BCUT2D eigenvalue weighted by Crippen LogP contribution is -2.47. The van der Waals surface area contributed by atoms with E-state index in [1.54, 1.807) is 7.11 Å². The molecule has 1 saturated carbocycles. The molecular formula is C17H25NO2. The fraction of sp³-hybridized carbons (Fsp3) is 0.647. The van der Waals surface area contributed by atoms with Crippen LogP contribution in [-0.4, -0.2) is 12.7 Å². The van der Waals surface area contributed by atoms with Crippen molar-refractivity contribution >= 4 is 0 Å². The van der Waals surface area contributed by atoms with E-state index in [2.05, 4.69) is 13.8 Å². The number of methoxy groups -OCH3 is 1. The Labute approximate surface area is 121 Å². The molecule has 3 heteroatoms. The van der Waals surface area contributed by atoms with Gasteiger partial charge in [0.25, 0.3) is 0 Å². The predicted molar refractivity (Wildman–Crippen MR) is 80.1 cm³/mol. The van der Waals surface area contributed by atoms with Gasteiger partial charge in [0.1, 0.15) is 17.1 Å². The standard InChI is InChI=1S/C17H25NO2/c1-11-6-7-17(9-12(11)2)10-15(18)14-8-13(19-3)4-5-16(14)20-17/h4-5,8,11-12,15H,6-7,9-10,18H2,1-3H3. The first-order valence-electron chi connectivity index (χ1n) is 7.65. The van der Waals surface area contributed by atoms with Crippen LogP contribution in [-0.2, 0) is 0 Å². The molecule has 3 nitrogen and oxygen atoms in total. The normalized spacial score (nSPS) is 36.3. The number of rotatable bonds is 1. The van der Waals surface area contributed by atoms with E-state index in [0.717, 1.165) is 42.2 Å². The van der Waals surface area contributed by atoms with Crippen LogP contribution in [0.5, 0.6) is 11.5 Å². The van der Waals surface area contributed by atoms with Crippen molar-refractivity contribution in [1.82, 2.24) is 0 Å². The molecule has 1 spiro atoms. The van der Waals surface area contributed by atoms with Gasteiger partial charge in [-0.2, -0.15) is 0 Å². The third kappa shape index (κ3) is 2.28. The van der Waals surface area contributed by atoms with E-state index < -0.39 is 0 Å². The van der Waals surface area contributed by atoms with Crippen molar-refractivity contribution in [3.05, 3.63) is 23.8 Å². The quantitative estimate of drug-likeness (QED) is 0.850.